The van der Waals surface area contributed by atoms with Crippen molar-refractivity contribution in [2.45, 2.75) is 31.5 Å². The van der Waals surface area contributed by atoms with E-state index in [2.05, 4.69) is 34.6 Å². The summed E-state index contributed by atoms with van der Waals surface area (Å²) in [5.74, 6) is -0.209. The molecule has 170 valence electrons. The van der Waals surface area contributed by atoms with Gasteiger partial charge in [-0.3, -0.25) is 9.78 Å². The molecule has 0 saturated carbocycles. The minimum absolute atomic E-state index is 0.0309. The maximum atomic E-state index is 12.2. The maximum absolute atomic E-state index is 12.2. The monoisotopic (exact) mass is 446 g/mol. The van der Waals surface area contributed by atoms with E-state index in [1.54, 1.807) is 0 Å². The Kier molecular flexibility index (Phi) is 6.82. The Morgan fingerprint density at radius 2 is 1.67 bits per heavy atom. The van der Waals surface area contributed by atoms with Crippen molar-refractivity contribution in [2.75, 3.05) is 13.2 Å². The van der Waals surface area contributed by atoms with Crippen LogP contribution in [-0.2, 0) is 4.74 Å². The fourth-order valence-electron chi connectivity index (χ4n) is 4.16. The van der Waals surface area contributed by atoms with Gasteiger partial charge in [0.1, 0.15) is 12.7 Å². The lowest BCUT2D eigenvalue weighted by Crippen LogP contribution is -2.30. The highest BCUT2D eigenvalue weighted by atomic mass is 16.5. The minimum Gasteiger partial charge on any atom is -0.449 e. The molecule has 0 spiro atoms. The zero-order chi connectivity index (χ0) is 23.4. The molecule has 3 aromatic rings. The highest BCUT2D eigenvalue weighted by molar-refractivity contribution is 5.93. The summed E-state index contributed by atoms with van der Waals surface area (Å²) < 4.78 is 5.47. The summed E-state index contributed by atoms with van der Waals surface area (Å²) in [6.07, 6.45) is -0.0266. The van der Waals surface area contributed by atoms with Crippen molar-refractivity contribution >= 4 is 11.9 Å². The van der Waals surface area contributed by atoms with E-state index in [9.17, 15) is 19.8 Å². The normalized spacial score (nSPS) is 14.2. The lowest BCUT2D eigenvalue weighted by atomic mass is 9.98. The van der Waals surface area contributed by atoms with Gasteiger partial charge < -0.3 is 20.3 Å². The van der Waals surface area contributed by atoms with Crippen LogP contribution in [0.3, 0.4) is 0 Å². The molecule has 2 unspecified atom stereocenters. The van der Waals surface area contributed by atoms with Crippen molar-refractivity contribution in [3.8, 4) is 11.1 Å². The van der Waals surface area contributed by atoms with Gasteiger partial charge in [0.25, 0.3) is 0 Å². The molecule has 7 heteroatoms. The van der Waals surface area contributed by atoms with Gasteiger partial charge in [-0.2, -0.15) is 0 Å². The molecule has 2 atom stereocenters. The Bertz CT molecular complexity index is 1120. The van der Waals surface area contributed by atoms with Crippen LogP contribution in [0.5, 0.6) is 0 Å². The third-order valence-corrected chi connectivity index (χ3v) is 5.93. The maximum Gasteiger partial charge on any atom is 0.407 e. The molecule has 0 fully saturated rings. The van der Waals surface area contributed by atoms with E-state index in [0.717, 1.165) is 22.3 Å². The number of pyridine rings is 1. The molecule has 1 aliphatic rings. The van der Waals surface area contributed by atoms with Gasteiger partial charge in [0.15, 0.2) is 5.78 Å². The fraction of sp³-hybridized carbons (Fsp3) is 0.269. The molecular weight excluding hydrogens is 420 g/mol. The zero-order valence-electron chi connectivity index (χ0n) is 18.3. The molecule has 0 aliphatic heterocycles. The second-order valence-corrected chi connectivity index (χ2v) is 8.12. The molecule has 1 amide bonds. The summed E-state index contributed by atoms with van der Waals surface area (Å²) in [6, 6.07) is 17.7. The number of carbonyl (C=O) groups is 2. The quantitative estimate of drug-likeness (QED) is 0.456. The number of hydrogen-bond acceptors (Lipinski definition) is 6. The van der Waals surface area contributed by atoms with Crippen LogP contribution in [0.25, 0.3) is 11.1 Å². The smallest absolute Gasteiger partial charge is 0.407 e. The van der Waals surface area contributed by atoms with E-state index in [1.165, 1.54) is 25.4 Å². The summed E-state index contributed by atoms with van der Waals surface area (Å²) in [5.41, 5.74) is 5.27. The number of nitrogens with zero attached hydrogens (tertiary/aromatic N) is 1. The number of nitrogens with one attached hydrogen (secondary N) is 1. The number of alkyl carbamates (subject to hydrolysis) is 1. The fourth-order valence-corrected chi connectivity index (χ4v) is 4.16. The standard InChI is InChI=1S/C26H26N2O5/c1-16(29)17-12-18(14-27-13-17)25(31)24(30)10-11-28-26(32)33-15-23-21-8-4-2-6-19(21)20-7-3-5-9-22(20)23/h2-9,12-14,23-25,30-31H,10-11,15H2,1H3,(H,28,32). The highest BCUT2D eigenvalue weighted by Crippen LogP contribution is 2.44. The Morgan fingerprint density at radius 3 is 2.30 bits per heavy atom. The molecule has 2 aromatic carbocycles. The van der Waals surface area contributed by atoms with Crippen LogP contribution >= 0.6 is 0 Å². The first-order valence-electron chi connectivity index (χ1n) is 10.9. The van der Waals surface area contributed by atoms with E-state index in [0.29, 0.717) is 11.1 Å². The highest BCUT2D eigenvalue weighted by Gasteiger charge is 2.29. The Morgan fingerprint density at radius 1 is 1.03 bits per heavy atom. The number of fused-ring (bicyclic) bond motifs is 3. The number of amides is 1. The summed E-state index contributed by atoms with van der Waals surface area (Å²) in [5, 5.41) is 23.2. The number of carbonyl (C=O) groups excluding carboxylic acids is 2. The van der Waals surface area contributed by atoms with Crippen molar-refractivity contribution in [1.29, 1.82) is 0 Å². The number of ether oxygens (including phenoxy) is 1. The number of aliphatic hydroxyl groups is 2. The van der Waals surface area contributed by atoms with Gasteiger partial charge in [0, 0.05) is 36.0 Å². The van der Waals surface area contributed by atoms with Crippen LogP contribution in [0, 0.1) is 0 Å². The third kappa shape index (κ3) is 4.94. The number of rotatable bonds is 8. The van der Waals surface area contributed by atoms with Crippen LogP contribution in [0.4, 0.5) is 4.79 Å². The summed E-state index contributed by atoms with van der Waals surface area (Å²) in [7, 11) is 0. The second-order valence-electron chi connectivity index (χ2n) is 8.12. The summed E-state index contributed by atoms with van der Waals surface area (Å²) in [6.45, 7) is 1.73. The molecule has 7 nitrogen and oxygen atoms in total. The molecule has 0 radical (unpaired) electrons. The molecular formula is C26H26N2O5. The van der Waals surface area contributed by atoms with Crippen LogP contribution in [0.1, 0.15) is 52.4 Å². The van der Waals surface area contributed by atoms with Crippen LogP contribution in [-0.4, -0.2) is 46.3 Å². The summed E-state index contributed by atoms with van der Waals surface area (Å²) in [4.78, 5) is 27.7. The van der Waals surface area contributed by atoms with Crippen molar-refractivity contribution in [2.24, 2.45) is 0 Å². The molecule has 33 heavy (non-hydrogen) atoms. The molecule has 3 N–H and O–H groups in total. The zero-order valence-corrected chi connectivity index (χ0v) is 18.3. The predicted molar refractivity (Wildman–Crippen MR) is 123 cm³/mol. The number of Topliss-reactive ketones (excluding diaryl/α,β-unsaturated/α-hetero) is 1. The predicted octanol–water partition coefficient (Wildman–Crippen LogP) is 3.61. The van der Waals surface area contributed by atoms with E-state index in [1.807, 2.05) is 24.3 Å². The Labute approximate surface area is 192 Å². The third-order valence-electron chi connectivity index (χ3n) is 5.93. The van der Waals surface area contributed by atoms with E-state index in [-0.39, 0.29) is 31.3 Å². The molecule has 4 rings (SSSR count). The molecule has 0 bridgehead atoms. The van der Waals surface area contributed by atoms with Gasteiger partial charge in [-0.05, 0) is 41.7 Å². The average molecular weight is 447 g/mol. The van der Waals surface area contributed by atoms with Crippen molar-refractivity contribution in [3.05, 3.63) is 89.2 Å². The first-order chi connectivity index (χ1) is 16.0. The lowest BCUT2D eigenvalue weighted by molar-refractivity contribution is 0.0134. The first kappa shape index (κ1) is 22.6. The average Bonchev–Trinajstić information content (AvgIpc) is 3.16. The number of ketones is 1. The largest absolute Gasteiger partial charge is 0.449 e. The van der Waals surface area contributed by atoms with Gasteiger partial charge in [-0.1, -0.05) is 48.5 Å². The van der Waals surface area contributed by atoms with Crippen LogP contribution < -0.4 is 5.32 Å². The van der Waals surface area contributed by atoms with Crippen molar-refractivity contribution in [1.82, 2.24) is 10.3 Å². The number of aromatic nitrogens is 1. The molecule has 1 heterocycles. The van der Waals surface area contributed by atoms with E-state index < -0.39 is 18.3 Å². The van der Waals surface area contributed by atoms with Gasteiger partial charge >= 0.3 is 6.09 Å². The lowest BCUT2D eigenvalue weighted by Gasteiger charge is -2.19. The van der Waals surface area contributed by atoms with E-state index in [4.69, 9.17) is 4.74 Å². The van der Waals surface area contributed by atoms with Crippen molar-refractivity contribution < 1.29 is 24.5 Å². The number of benzene rings is 2. The van der Waals surface area contributed by atoms with Crippen molar-refractivity contribution in [3.63, 3.8) is 0 Å². The first-order valence-corrected chi connectivity index (χ1v) is 10.9. The molecule has 1 aliphatic carbocycles. The van der Waals surface area contributed by atoms with Crippen LogP contribution in [0.15, 0.2) is 67.0 Å². The molecule has 0 saturated heterocycles. The van der Waals surface area contributed by atoms with Gasteiger partial charge in [0.05, 0.1) is 6.10 Å². The summed E-state index contributed by atoms with van der Waals surface area (Å²) >= 11 is 0. The second kappa shape index (κ2) is 9.94. The van der Waals surface area contributed by atoms with Crippen LogP contribution in [0.2, 0.25) is 0 Å². The Hall–Kier alpha value is -3.55. The van der Waals surface area contributed by atoms with Gasteiger partial charge in [-0.15, -0.1) is 0 Å². The molecule has 1 aromatic heterocycles. The topological polar surface area (TPSA) is 109 Å². The number of aliphatic hydroxyl groups excluding tert-OH is 2. The van der Waals surface area contributed by atoms with Gasteiger partial charge in [0.2, 0.25) is 0 Å². The SMILES string of the molecule is CC(=O)c1cncc(C(O)C(O)CCNC(=O)OCC2c3ccccc3-c3ccccc32)c1. The minimum atomic E-state index is -1.22. The Balaban J connectivity index is 1.28. The van der Waals surface area contributed by atoms with E-state index >= 15 is 0 Å². The number of hydrogen-bond donors (Lipinski definition) is 3. The van der Waals surface area contributed by atoms with Gasteiger partial charge in [-0.25, -0.2) is 4.79 Å².